The van der Waals surface area contributed by atoms with E-state index in [9.17, 15) is 13.2 Å². The number of rotatable bonds is 5. The van der Waals surface area contributed by atoms with Crippen LogP contribution >= 0.6 is 11.6 Å². The lowest BCUT2D eigenvalue weighted by Crippen LogP contribution is -2.40. The zero-order valence-corrected chi connectivity index (χ0v) is 16.2. The Kier molecular flexibility index (Phi) is 6.42. The number of nitrogens with one attached hydrogen (secondary N) is 1. The van der Waals surface area contributed by atoms with E-state index in [4.69, 9.17) is 11.6 Å². The summed E-state index contributed by atoms with van der Waals surface area (Å²) in [5, 5.41) is 4.57. The molecule has 1 saturated heterocycles. The number of sulfonamides is 1. The molecule has 25 heavy (non-hydrogen) atoms. The maximum atomic E-state index is 12.2. The third-order valence-electron chi connectivity index (χ3n) is 4.10. The molecule has 9 heteroatoms. The zero-order valence-electron chi connectivity index (χ0n) is 14.6. The van der Waals surface area contributed by atoms with Gasteiger partial charge in [-0.1, -0.05) is 17.7 Å². The predicted molar refractivity (Wildman–Crippen MR) is 101 cm³/mol. The highest BCUT2D eigenvalue weighted by molar-refractivity contribution is 7.92. The third-order valence-corrected chi connectivity index (χ3v) is 5.63. The highest BCUT2D eigenvalue weighted by Gasteiger charge is 2.23. The molecule has 1 heterocycles. The molecule has 0 atom stereocenters. The Bertz CT molecular complexity index is 770. The van der Waals surface area contributed by atoms with Crippen molar-refractivity contribution in [3.63, 3.8) is 0 Å². The summed E-state index contributed by atoms with van der Waals surface area (Å²) in [4.78, 5) is 14.4. The van der Waals surface area contributed by atoms with Crippen LogP contribution in [0.25, 0.3) is 0 Å². The average molecular weight is 387 g/mol. The molecule has 1 fully saturated rings. The number of amides is 1. The summed E-state index contributed by atoms with van der Waals surface area (Å²) in [5.74, 6) is -0.490. The zero-order chi connectivity index (χ0) is 18.6. The fourth-order valence-corrected chi connectivity index (χ4v) is 3.62. The van der Waals surface area contributed by atoms with Crippen molar-refractivity contribution in [2.24, 2.45) is 5.10 Å². The molecule has 0 unspecified atom stereocenters. The molecular weight excluding hydrogens is 364 g/mol. The van der Waals surface area contributed by atoms with Crippen LogP contribution in [0.3, 0.4) is 0 Å². The number of carbonyl (C=O) groups is 1. The van der Waals surface area contributed by atoms with Gasteiger partial charge < -0.3 is 4.90 Å². The molecule has 0 saturated carbocycles. The summed E-state index contributed by atoms with van der Waals surface area (Å²) in [6.07, 6.45) is 2.64. The largest absolute Gasteiger partial charge is 0.306 e. The van der Waals surface area contributed by atoms with Crippen molar-refractivity contribution in [1.29, 1.82) is 0 Å². The number of piperidine rings is 1. The fraction of sp³-hybridized carbons (Fsp3) is 0.500. The van der Waals surface area contributed by atoms with E-state index in [0.717, 1.165) is 42.2 Å². The van der Waals surface area contributed by atoms with Gasteiger partial charge in [0.05, 0.1) is 11.9 Å². The molecule has 138 valence electrons. The van der Waals surface area contributed by atoms with Crippen molar-refractivity contribution in [2.45, 2.75) is 19.8 Å². The summed E-state index contributed by atoms with van der Waals surface area (Å²) < 4.78 is 25.3. The highest BCUT2D eigenvalue weighted by Crippen LogP contribution is 2.27. The second-order valence-corrected chi connectivity index (χ2v) is 8.48. The summed E-state index contributed by atoms with van der Waals surface area (Å²) in [5.41, 5.74) is 4.37. The summed E-state index contributed by atoms with van der Waals surface area (Å²) in [7, 11) is -1.61. The average Bonchev–Trinajstić information content (AvgIpc) is 2.54. The molecule has 1 amide bonds. The number of likely N-dealkylation sites (tertiary alicyclic amines) is 1. The molecule has 0 aromatic heterocycles. The number of nitrogens with zero attached hydrogens (tertiary/aromatic N) is 3. The van der Waals surface area contributed by atoms with Crippen molar-refractivity contribution >= 4 is 38.9 Å². The van der Waals surface area contributed by atoms with E-state index >= 15 is 0 Å². The highest BCUT2D eigenvalue weighted by atomic mass is 35.5. The van der Waals surface area contributed by atoms with Crippen molar-refractivity contribution < 1.29 is 13.2 Å². The number of hydrogen-bond donors (Lipinski definition) is 1. The number of hydrogen-bond acceptors (Lipinski definition) is 5. The van der Waals surface area contributed by atoms with Crippen LogP contribution in [0.5, 0.6) is 0 Å². The molecule has 0 radical (unpaired) electrons. The maximum Gasteiger partial charge on any atom is 0.260 e. The smallest absolute Gasteiger partial charge is 0.260 e. The van der Waals surface area contributed by atoms with Gasteiger partial charge in [-0.15, -0.1) is 0 Å². The number of anilines is 1. The third kappa shape index (κ3) is 5.42. The van der Waals surface area contributed by atoms with Crippen LogP contribution in [0, 0.1) is 6.92 Å². The number of hydrazone groups is 1. The maximum absolute atomic E-state index is 12.2. The first-order valence-corrected chi connectivity index (χ1v) is 10.2. The fourth-order valence-electron chi connectivity index (χ4n) is 2.54. The Morgan fingerprint density at radius 1 is 1.36 bits per heavy atom. The summed E-state index contributed by atoms with van der Waals surface area (Å²) in [6, 6.07) is 4.95. The lowest BCUT2D eigenvalue weighted by Gasteiger charge is -2.24. The Labute approximate surface area is 153 Å². The normalized spacial score (nSPS) is 15.8. The number of benzene rings is 1. The lowest BCUT2D eigenvalue weighted by molar-refractivity contribution is -0.119. The molecule has 1 aromatic carbocycles. The lowest BCUT2D eigenvalue weighted by atomic mass is 10.1. The minimum Gasteiger partial charge on any atom is -0.306 e. The van der Waals surface area contributed by atoms with Crippen molar-refractivity contribution in [3.8, 4) is 0 Å². The first-order valence-electron chi connectivity index (χ1n) is 7.94. The molecule has 0 aliphatic carbocycles. The van der Waals surface area contributed by atoms with Gasteiger partial charge in [-0.05, 0) is 31.7 Å². The summed E-state index contributed by atoms with van der Waals surface area (Å²) >= 11 is 6.07. The van der Waals surface area contributed by atoms with Gasteiger partial charge in [0, 0.05) is 36.7 Å². The van der Waals surface area contributed by atoms with Crippen LogP contribution in [0.4, 0.5) is 5.69 Å². The van der Waals surface area contributed by atoms with Gasteiger partial charge >= 0.3 is 0 Å². The van der Waals surface area contributed by atoms with E-state index < -0.39 is 15.9 Å². The van der Waals surface area contributed by atoms with E-state index in [1.165, 1.54) is 0 Å². The molecule has 0 bridgehead atoms. The van der Waals surface area contributed by atoms with Gasteiger partial charge in [0.1, 0.15) is 6.54 Å². The van der Waals surface area contributed by atoms with Crippen LogP contribution in [-0.2, 0) is 14.8 Å². The standard InChI is InChI=1S/C16H23ClN4O3S/c1-12-14(17)5-4-6-15(12)21(25(3,23)24)11-16(22)19-18-13-7-9-20(2)10-8-13/h4-6H,7-11H2,1-3H3,(H,19,22). The Balaban J connectivity index is 2.11. The molecule has 1 N–H and O–H groups in total. The number of carbonyl (C=O) groups excluding carboxylic acids is 1. The quantitative estimate of drug-likeness (QED) is 0.779. The molecule has 1 aliphatic rings. The second-order valence-electron chi connectivity index (χ2n) is 6.17. The van der Waals surface area contributed by atoms with Crippen LogP contribution < -0.4 is 9.73 Å². The van der Waals surface area contributed by atoms with E-state index in [-0.39, 0.29) is 6.54 Å². The molecule has 0 spiro atoms. The van der Waals surface area contributed by atoms with Gasteiger partial charge in [-0.3, -0.25) is 9.10 Å². The van der Waals surface area contributed by atoms with Gasteiger partial charge in [0.2, 0.25) is 10.0 Å². The van der Waals surface area contributed by atoms with Gasteiger partial charge in [0.15, 0.2) is 0 Å². The SMILES string of the molecule is Cc1c(Cl)cccc1N(CC(=O)NN=C1CCN(C)CC1)S(C)(=O)=O. The topological polar surface area (TPSA) is 82.1 Å². The van der Waals surface area contributed by atoms with Crippen molar-refractivity contribution in [3.05, 3.63) is 28.8 Å². The van der Waals surface area contributed by atoms with E-state index in [2.05, 4.69) is 15.4 Å². The first kappa shape index (κ1) is 19.7. The molecule has 1 aliphatic heterocycles. The Morgan fingerprint density at radius 3 is 2.60 bits per heavy atom. The van der Waals surface area contributed by atoms with Crippen molar-refractivity contribution in [1.82, 2.24) is 10.3 Å². The molecular formula is C16H23ClN4O3S. The van der Waals surface area contributed by atoms with Gasteiger partial charge in [-0.2, -0.15) is 5.10 Å². The summed E-state index contributed by atoms with van der Waals surface area (Å²) in [6.45, 7) is 3.15. The monoisotopic (exact) mass is 386 g/mol. The van der Waals surface area contributed by atoms with E-state index in [1.54, 1.807) is 25.1 Å². The van der Waals surface area contributed by atoms with Gasteiger partial charge in [-0.25, -0.2) is 13.8 Å². The van der Waals surface area contributed by atoms with Crippen LogP contribution in [0.1, 0.15) is 18.4 Å². The van der Waals surface area contributed by atoms with Crippen LogP contribution in [-0.4, -0.2) is 57.9 Å². The van der Waals surface area contributed by atoms with E-state index in [0.29, 0.717) is 16.3 Å². The first-order chi connectivity index (χ1) is 11.7. The Morgan fingerprint density at radius 2 is 2.00 bits per heavy atom. The minimum atomic E-state index is -3.64. The molecule has 7 nitrogen and oxygen atoms in total. The Hall–Kier alpha value is -1.64. The number of halogens is 1. The predicted octanol–water partition coefficient (Wildman–Crippen LogP) is 1.61. The van der Waals surface area contributed by atoms with E-state index in [1.807, 2.05) is 7.05 Å². The van der Waals surface area contributed by atoms with Gasteiger partial charge in [0.25, 0.3) is 5.91 Å². The molecule has 1 aromatic rings. The van der Waals surface area contributed by atoms with Crippen LogP contribution in [0.2, 0.25) is 5.02 Å². The van der Waals surface area contributed by atoms with Crippen LogP contribution in [0.15, 0.2) is 23.3 Å². The molecule has 2 rings (SSSR count). The second kappa shape index (κ2) is 8.16. The van der Waals surface area contributed by atoms with Crippen molar-refractivity contribution in [2.75, 3.05) is 37.2 Å². The minimum absolute atomic E-state index is 0.350.